The van der Waals surface area contributed by atoms with Crippen LogP contribution in [0.2, 0.25) is 0 Å². The molecule has 3 aromatic rings. The SMILES string of the molecule is O=C(NC(Cc1ccccc1)C(=O)Oc1ccc(N2CCCC2=O)cc1)c1ccccc1. The zero-order chi connectivity index (χ0) is 22.3. The molecule has 1 unspecified atom stereocenters. The highest BCUT2D eigenvalue weighted by atomic mass is 16.5. The van der Waals surface area contributed by atoms with Crippen molar-refractivity contribution in [2.45, 2.75) is 25.3 Å². The molecular formula is C26H24N2O4. The summed E-state index contributed by atoms with van der Waals surface area (Å²) in [5.74, 6) is -0.437. The van der Waals surface area contributed by atoms with Crippen molar-refractivity contribution < 1.29 is 19.1 Å². The number of hydrogen-bond donors (Lipinski definition) is 1. The quantitative estimate of drug-likeness (QED) is 0.459. The molecule has 0 aromatic heterocycles. The Hall–Kier alpha value is -3.93. The normalized spacial score (nSPS) is 14.1. The van der Waals surface area contributed by atoms with Gasteiger partial charge in [0.05, 0.1) is 0 Å². The van der Waals surface area contributed by atoms with Crippen molar-refractivity contribution >= 4 is 23.5 Å². The lowest BCUT2D eigenvalue weighted by atomic mass is 10.1. The second-order valence-corrected chi connectivity index (χ2v) is 7.65. The first kappa shape index (κ1) is 21.3. The van der Waals surface area contributed by atoms with E-state index in [1.807, 2.05) is 36.4 Å². The second-order valence-electron chi connectivity index (χ2n) is 7.65. The van der Waals surface area contributed by atoms with Crippen molar-refractivity contribution in [3.05, 3.63) is 96.1 Å². The maximum atomic E-state index is 13.0. The second kappa shape index (κ2) is 9.92. The lowest BCUT2D eigenvalue weighted by Gasteiger charge is -2.19. The van der Waals surface area contributed by atoms with Gasteiger partial charge in [-0.05, 0) is 48.4 Å². The first-order chi connectivity index (χ1) is 15.6. The van der Waals surface area contributed by atoms with Crippen LogP contribution in [0.3, 0.4) is 0 Å². The van der Waals surface area contributed by atoms with Crippen molar-refractivity contribution in [2.24, 2.45) is 0 Å². The number of carbonyl (C=O) groups is 3. The van der Waals surface area contributed by atoms with Gasteiger partial charge in [0.2, 0.25) is 5.91 Å². The Balaban J connectivity index is 1.47. The van der Waals surface area contributed by atoms with Gasteiger partial charge in [0.15, 0.2) is 0 Å². The van der Waals surface area contributed by atoms with Gasteiger partial charge >= 0.3 is 5.97 Å². The minimum Gasteiger partial charge on any atom is -0.425 e. The molecule has 1 N–H and O–H groups in total. The number of amides is 2. The minimum atomic E-state index is -0.857. The maximum Gasteiger partial charge on any atom is 0.334 e. The molecule has 1 heterocycles. The lowest BCUT2D eigenvalue weighted by molar-refractivity contribution is -0.136. The molecule has 1 aliphatic heterocycles. The number of esters is 1. The molecule has 2 amide bonds. The Morgan fingerprint density at radius 2 is 1.56 bits per heavy atom. The topological polar surface area (TPSA) is 75.7 Å². The van der Waals surface area contributed by atoms with Gasteiger partial charge in [0, 0.05) is 30.6 Å². The minimum absolute atomic E-state index is 0.0984. The van der Waals surface area contributed by atoms with Gasteiger partial charge < -0.3 is 15.0 Å². The van der Waals surface area contributed by atoms with E-state index < -0.39 is 12.0 Å². The van der Waals surface area contributed by atoms with Gasteiger partial charge in [-0.2, -0.15) is 0 Å². The van der Waals surface area contributed by atoms with Crippen LogP contribution in [0.25, 0.3) is 0 Å². The molecule has 1 fully saturated rings. The molecule has 0 aliphatic carbocycles. The van der Waals surface area contributed by atoms with Crippen molar-refractivity contribution in [2.75, 3.05) is 11.4 Å². The number of anilines is 1. The molecule has 6 heteroatoms. The third-order valence-electron chi connectivity index (χ3n) is 5.35. The Labute approximate surface area is 186 Å². The van der Waals surface area contributed by atoms with E-state index in [0.29, 0.717) is 30.7 Å². The average Bonchev–Trinajstić information content (AvgIpc) is 3.26. The summed E-state index contributed by atoms with van der Waals surface area (Å²) in [6.07, 6.45) is 1.70. The summed E-state index contributed by atoms with van der Waals surface area (Å²) in [4.78, 5) is 39.3. The number of carbonyl (C=O) groups excluding carboxylic acids is 3. The maximum absolute atomic E-state index is 13.0. The fourth-order valence-electron chi connectivity index (χ4n) is 3.68. The summed E-state index contributed by atoms with van der Waals surface area (Å²) in [5.41, 5.74) is 2.16. The molecule has 0 spiro atoms. The predicted octanol–water partition coefficient (Wildman–Crippen LogP) is 3.76. The van der Waals surface area contributed by atoms with E-state index in [1.54, 1.807) is 53.4 Å². The fourth-order valence-corrected chi connectivity index (χ4v) is 3.68. The van der Waals surface area contributed by atoms with Crippen LogP contribution < -0.4 is 15.0 Å². The van der Waals surface area contributed by atoms with Gasteiger partial charge in [-0.3, -0.25) is 9.59 Å². The number of benzene rings is 3. The number of nitrogens with one attached hydrogen (secondary N) is 1. The highest BCUT2D eigenvalue weighted by Crippen LogP contribution is 2.24. The van der Waals surface area contributed by atoms with Gasteiger partial charge in [-0.15, -0.1) is 0 Å². The monoisotopic (exact) mass is 428 g/mol. The number of ether oxygens (including phenoxy) is 1. The van der Waals surface area contributed by atoms with E-state index in [0.717, 1.165) is 17.7 Å². The van der Waals surface area contributed by atoms with E-state index in [2.05, 4.69) is 5.32 Å². The van der Waals surface area contributed by atoms with Crippen LogP contribution in [0.5, 0.6) is 5.75 Å². The van der Waals surface area contributed by atoms with E-state index in [-0.39, 0.29) is 11.8 Å². The first-order valence-electron chi connectivity index (χ1n) is 10.6. The zero-order valence-corrected chi connectivity index (χ0v) is 17.6. The van der Waals surface area contributed by atoms with Crippen molar-refractivity contribution in [3.8, 4) is 5.75 Å². The molecular weight excluding hydrogens is 404 g/mol. The van der Waals surface area contributed by atoms with E-state index in [9.17, 15) is 14.4 Å². The van der Waals surface area contributed by atoms with Gasteiger partial charge in [-0.1, -0.05) is 48.5 Å². The van der Waals surface area contributed by atoms with Gasteiger partial charge in [-0.25, -0.2) is 4.79 Å². The van der Waals surface area contributed by atoms with Crippen LogP contribution in [-0.2, 0) is 16.0 Å². The van der Waals surface area contributed by atoms with Crippen LogP contribution in [0.4, 0.5) is 5.69 Å². The third-order valence-corrected chi connectivity index (χ3v) is 5.35. The van der Waals surface area contributed by atoms with Crippen molar-refractivity contribution in [1.29, 1.82) is 0 Å². The summed E-state index contributed by atoms with van der Waals surface area (Å²) >= 11 is 0. The Morgan fingerprint density at radius 1 is 0.906 bits per heavy atom. The first-order valence-corrected chi connectivity index (χ1v) is 10.6. The lowest BCUT2D eigenvalue weighted by Crippen LogP contribution is -2.44. The summed E-state index contributed by atoms with van der Waals surface area (Å²) in [5, 5.41) is 2.80. The largest absolute Gasteiger partial charge is 0.425 e. The fraction of sp³-hybridized carbons (Fsp3) is 0.192. The summed E-state index contributed by atoms with van der Waals surface area (Å²) in [7, 11) is 0. The summed E-state index contributed by atoms with van der Waals surface area (Å²) in [6.45, 7) is 0.697. The Bertz CT molecular complexity index is 1080. The van der Waals surface area contributed by atoms with Gasteiger partial charge in [0.25, 0.3) is 5.91 Å². The van der Waals surface area contributed by atoms with E-state index >= 15 is 0 Å². The molecule has 6 nitrogen and oxygen atoms in total. The van der Waals surface area contributed by atoms with E-state index in [4.69, 9.17) is 4.74 Å². The molecule has 1 atom stereocenters. The average molecular weight is 428 g/mol. The molecule has 1 saturated heterocycles. The molecule has 0 bridgehead atoms. The molecule has 0 radical (unpaired) electrons. The van der Waals surface area contributed by atoms with Gasteiger partial charge in [0.1, 0.15) is 11.8 Å². The van der Waals surface area contributed by atoms with Crippen molar-refractivity contribution in [1.82, 2.24) is 5.32 Å². The Kier molecular flexibility index (Phi) is 6.60. The molecule has 162 valence electrons. The molecule has 3 aromatic carbocycles. The zero-order valence-electron chi connectivity index (χ0n) is 17.6. The highest BCUT2D eigenvalue weighted by Gasteiger charge is 2.25. The number of nitrogens with zero attached hydrogens (tertiary/aromatic N) is 1. The standard InChI is InChI=1S/C26H24N2O4/c29-24-12-7-17-28(24)21-13-15-22(16-14-21)32-26(31)23(18-19-8-3-1-4-9-19)27-25(30)20-10-5-2-6-11-20/h1-6,8-11,13-16,23H,7,12,17-18H2,(H,27,30). The highest BCUT2D eigenvalue weighted by molar-refractivity contribution is 5.97. The number of hydrogen-bond acceptors (Lipinski definition) is 4. The molecule has 32 heavy (non-hydrogen) atoms. The van der Waals surface area contributed by atoms with Crippen LogP contribution in [0.1, 0.15) is 28.8 Å². The van der Waals surface area contributed by atoms with Crippen LogP contribution in [0.15, 0.2) is 84.9 Å². The third kappa shape index (κ3) is 5.21. The summed E-state index contributed by atoms with van der Waals surface area (Å²) < 4.78 is 5.57. The van der Waals surface area contributed by atoms with E-state index in [1.165, 1.54) is 0 Å². The van der Waals surface area contributed by atoms with Crippen molar-refractivity contribution in [3.63, 3.8) is 0 Å². The van der Waals surface area contributed by atoms with Crippen LogP contribution in [-0.4, -0.2) is 30.4 Å². The molecule has 1 aliphatic rings. The van der Waals surface area contributed by atoms with Crippen LogP contribution >= 0.6 is 0 Å². The predicted molar refractivity (Wildman–Crippen MR) is 122 cm³/mol. The molecule has 0 saturated carbocycles. The summed E-state index contributed by atoms with van der Waals surface area (Å²) in [6, 6.07) is 24.2. The molecule has 4 rings (SSSR count). The smallest absolute Gasteiger partial charge is 0.334 e. The van der Waals surface area contributed by atoms with Crippen LogP contribution in [0, 0.1) is 0 Å². The Morgan fingerprint density at radius 3 is 2.19 bits per heavy atom. The number of rotatable bonds is 7.